The van der Waals surface area contributed by atoms with E-state index in [1.54, 1.807) is 0 Å². The van der Waals surface area contributed by atoms with Gasteiger partial charge >= 0.3 is 0 Å². The van der Waals surface area contributed by atoms with Crippen molar-refractivity contribution in [2.75, 3.05) is 19.6 Å². The van der Waals surface area contributed by atoms with Crippen molar-refractivity contribution in [1.29, 1.82) is 5.26 Å². The fourth-order valence-electron chi connectivity index (χ4n) is 2.91. The van der Waals surface area contributed by atoms with Crippen LogP contribution in [0.2, 0.25) is 0 Å². The van der Waals surface area contributed by atoms with Gasteiger partial charge in [-0.1, -0.05) is 12.1 Å². The average Bonchev–Trinajstić information content (AvgIpc) is 3.32. The summed E-state index contributed by atoms with van der Waals surface area (Å²) in [5.41, 5.74) is 2.07. The van der Waals surface area contributed by atoms with Crippen LogP contribution in [0, 0.1) is 17.2 Å². The van der Waals surface area contributed by atoms with Crippen molar-refractivity contribution in [1.82, 2.24) is 10.2 Å². The molecule has 1 saturated carbocycles. The van der Waals surface area contributed by atoms with Crippen molar-refractivity contribution < 1.29 is 0 Å². The predicted octanol–water partition coefficient (Wildman–Crippen LogP) is 2.52. The molecule has 1 aromatic carbocycles. The molecule has 2 fully saturated rings. The second-order valence-electron chi connectivity index (χ2n) is 6.21. The van der Waals surface area contributed by atoms with E-state index in [-0.39, 0.29) is 0 Å². The van der Waals surface area contributed by atoms with E-state index in [0.29, 0.717) is 0 Å². The highest BCUT2D eigenvalue weighted by Gasteiger charge is 2.24. The highest BCUT2D eigenvalue weighted by Crippen LogP contribution is 2.22. The van der Waals surface area contributed by atoms with Gasteiger partial charge in [-0.05, 0) is 68.9 Å². The molecule has 2 aliphatic rings. The topological polar surface area (TPSA) is 39.1 Å². The molecular weight excluding hydrogens is 246 g/mol. The van der Waals surface area contributed by atoms with Gasteiger partial charge in [-0.2, -0.15) is 5.26 Å². The maximum absolute atomic E-state index is 8.81. The molecule has 1 N–H and O–H groups in total. The molecule has 1 saturated heterocycles. The van der Waals surface area contributed by atoms with Crippen LogP contribution in [0.4, 0.5) is 0 Å². The van der Waals surface area contributed by atoms with E-state index in [2.05, 4.69) is 28.4 Å². The number of hydrogen-bond donors (Lipinski definition) is 1. The number of likely N-dealkylation sites (tertiary alicyclic amines) is 1. The number of piperidine rings is 1. The van der Waals surface area contributed by atoms with E-state index >= 15 is 0 Å². The SMILES string of the molecule is N#Cc1ccc(CN2CCC(CNC3CC3)CC2)cc1. The van der Waals surface area contributed by atoms with Crippen LogP contribution in [-0.2, 0) is 6.54 Å². The summed E-state index contributed by atoms with van der Waals surface area (Å²) >= 11 is 0. The van der Waals surface area contributed by atoms with E-state index in [9.17, 15) is 0 Å². The Hall–Kier alpha value is -1.37. The van der Waals surface area contributed by atoms with Crippen LogP contribution in [0.25, 0.3) is 0 Å². The number of hydrogen-bond acceptors (Lipinski definition) is 3. The van der Waals surface area contributed by atoms with Crippen molar-refractivity contribution in [3.05, 3.63) is 35.4 Å². The third-order valence-corrected chi connectivity index (χ3v) is 4.47. The molecule has 20 heavy (non-hydrogen) atoms. The zero-order valence-corrected chi connectivity index (χ0v) is 12.0. The van der Waals surface area contributed by atoms with E-state index in [1.165, 1.54) is 50.9 Å². The molecule has 1 aliphatic carbocycles. The lowest BCUT2D eigenvalue weighted by atomic mass is 9.96. The average molecular weight is 269 g/mol. The van der Waals surface area contributed by atoms with Crippen molar-refractivity contribution in [2.24, 2.45) is 5.92 Å². The Morgan fingerprint density at radius 2 is 1.80 bits per heavy atom. The van der Waals surface area contributed by atoms with E-state index in [4.69, 9.17) is 5.26 Å². The molecule has 3 rings (SSSR count). The molecule has 0 aromatic heterocycles. The van der Waals surface area contributed by atoms with Crippen LogP contribution in [-0.4, -0.2) is 30.6 Å². The van der Waals surface area contributed by atoms with E-state index < -0.39 is 0 Å². The summed E-state index contributed by atoms with van der Waals surface area (Å²) in [5.74, 6) is 0.868. The number of nitrogens with zero attached hydrogens (tertiary/aromatic N) is 2. The van der Waals surface area contributed by atoms with Gasteiger partial charge in [-0.25, -0.2) is 0 Å². The summed E-state index contributed by atoms with van der Waals surface area (Å²) in [5, 5.41) is 12.5. The first-order valence-corrected chi connectivity index (χ1v) is 7.78. The normalized spacial score (nSPS) is 20.8. The van der Waals surface area contributed by atoms with Gasteiger partial charge in [0.25, 0.3) is 0 Å². The summed E-state index contributed by atoms with van der Waals surface area (Å²) in [4.78, 5) is 2.54. The standard InChI is InChI=1S/C17H23N3/c18-11-14-1-3-16(4-2-14)13-20-9-7-15(8-10-20)12-19-17-5-6-17/h1-4,15,17,19H,5-10,12-13H2. The molecule has 3 heteroatoms. The monoisotopic (exact) mass is 269 g/mol. The fraction of sp³-hybridized carbons (Fsp3) is 0.588. The van der Waals surface area contributed by atoms with Gasteiger partial charge in [0, 0.05) is 12.6 Å². The van der Waals surface area contributed by atoms with E-state index in [1.807, 2.05) is 12.1 Å². The van der Waals surface area contributed by atoms with Crippen molar-refractivity contribution in [3.63, 3.8) is 0 Å². The minimum Gasteiger partial charge on any atom is -0.314 e. The second-order valence-corrected chi connectivity index (χ2v) is 6.21. The first-order chi connectivity index (χ1) is 9.83. The summed E-state index contributed by atoms with van der Waals surface area (Å²) < 4.78 is 0. The van der Waals surface area contributed by atoms with Crippen molar-refractivity contribution in [2.45, 2.75) is 38.3 Å². The summed E-state index contributed by atoms with van der Waals surface area (Å²) in [6.07, 6.45) is 5.40. The lowest BCUT2D eigenvalue weighted by Gasteiger charge is -2.32. The number of benzene rings is 1. The Kier molecular flexibility index (Phi) is 4.34. The van der Waals surface area contributed by atoms with Crippen LogP contribution in [0.1, 0.15) is 36.8 Å². The molecule has 3 nitrogen and oxygen atoms in total. The molecule has 1 aromatic rings. The van der Waals surface area contributed by atoms with Crippen LogP contribution in [0.5, 0.6) is 0 Å². The Morgan fingerprint density at radius 3 is 2.40 bits per heavy atom. The van der Waals surface area contributed by atoms with Gasteiger partial charge in [0.2, 0.25) is 0 Å². The Morgan fingerprint density at radius 1 is 1.10 bits per heavy atom. The zero-order chi connectivity index (χ0) is 13.8. The molecule has 0 radical (unpaired) electrons. The summed E-state index contributed by atoms with van der Waals surface area (Å²) in [6, 6.07) is 11.0. The Labute approximate surface area is 121 Å². The highest BCUT2D eigenvalue weighted by molar-refractivity contribution is 5.31. The molecule has 0 unspecified atom stereocenters. The molecule has 0 amide bonds. The number of rotatable bonds is 5. The van der Waals surface area contributed by atoms with Crippen LogP contribution >= 0.6 is 0 Å². The lowest BCUT2D eigenvalue weighted by molar-refractivity contribution is 0.175. The van der Waals surface area contributed by atoms with Crippen LogP contribution in [0.15, 0.2) is 24.3 Å². The second kappa shape index (κ2) is 6.39. The molecule has 1 aliphatic heterocycles. The molecular formula is C17H23N3. The predicted molar refractivity (Wildman–Crippen MR) is 80.2 cm³/mol. The maximum Gasteiger partial charge on any atom is 0.0991 e. The maximum atomic E-state index is 8.81. The third-order valence-electron chi connectivity index (χ3n) is 4.47. The van der Waals surface area contributed by atoms with Gasteiger partial charge in [0.15, 0.2) is 0 Å². The molecule has 0 bridgehead atoms. The number of nitrogens with one attached hydrogen (secondary N) is 1. The van der Waals surface area contributed by atoms with Gasteiger partial charge in [-0.3, -0.25) is 4.90 Å². The summed E-state index contributed by atoms with van der Waals surface area (Å²) in [6.45, 7) is 4.65. The smallest absolute Gasteiger partial charge is 0.0991 e. The first-order valence-electron chi connectivity index (χ1n) is 7.78. The summed E-state index contributed by atoms with van der Waals surface area (Å²) in [7, 11) is 0. The first kappa shape index (κ1) is 13.6. The Bertz CT molecular complexity index is 462. The molecule has 0 spiro atoms. The number of nitriles is 1. The molecule has 0 atom stereocenters. The lowest BCUT2D eigenvalue weighted by Crippen LogP contribution is -2.37. The zero-order valence-electron chi connectivity index (χ0n) is 12.0. The highest BCUT2D eigenvalue weighted by atomic mass is 15.1. The van der Waals surface area contributed by atoms with Gasteiger partial charge < -0.3 is 5.32 Å². The Balaban J connectivity index is 1.41. The molecule has 1 heterocycles. The third kappa shape index (κ3) is 3.82. The fourth-order valence-corrected chi connectivity index (χ4v) is 2.91. The quantitative estimate of drug-likeness (QED) is 0.892. The van der Waals surface area contributed by atoms with Crippen LogP contribution in [0.3, 0.4) is 0 Å². The van der Waals surface area contributed by atoms with Gasteiger partial charge in [0.05, 0.1) is 11.6 Å². The van der Waals surface area contributed by atoms with Gasteiger partial charge in [0.1, 0.15) is 0 Å². The largest absolute Gasteiger partial charge is 0.314 e. The van der Waals surface area contributed by atoms with Crippen molar-refractivity contribution in [3.8, 4) is 6.07 Å². The van der Waals surface area contributed by atoms with Crippen LogP contribution < -0.4 is 5.32 Å². The minimum absolute atomic E-state index is 0.749. The molecule has 106 valence electrons. The van der Waals surface area contributed by atoms with E-state index in [0.717, 1.165) is 24.1 Å². The minimum atomic E-state index is 0.749. The van der Waals surface area contributed by atoms with Crippen molar-refractivity contribution >= 4 is 0 Å². The van der Waals surface area contributed by atoms with Gasteiger partial charge in [-0.15, -0.1) is 0 Å².